The molecule has 0 spiro atoms. The fourth-order valence-electron chi connectivity index (χ4n) is 1.96. The van der Waals surface area contributed by atoms with Gasteiger partial charge >= 0.3 is 0 Å². The van der Waals surface area contributed by atoms with E-state index in [4.69, 9.17) is 5.26 Å². The Labute approximate surface area is 117 Å². The van der Waals surface area contributed by atoms with Gasteiger partial charge in [0.25, 0.3) is 0 Å². The van der Waals surface area contributed by atoms with Crippen LogP contribution in [0.5, 0.6) is 0 Å². The Bertz CT molecular complexity index is 681. The number of hydrogen-bond donors (Lipinski definition) is 1. The van der Waals surface area contributed by atoms with Crippen LogP contribution in [-0.4, -0.2) is 15.5 Å². The van der Waals surface area contributed by atoms with E-state index in [1.165, 1.54) is 0 Å². The number of aryl methyl sites for hydroxylation is 1. The van der Waals surface area contributed by atoms with Crippen molar-refractivity contribution in [3.63, 3.8) is 0 Å². The van der Waals surface area contributed by atoms with Gasteiger partial charge in [-0.3, -0.25) is 4.79 Å². The molecule has 1 aromatic heterocycles. The van der Waals surface area contributed by atoms with Crippen LogP contribution in [0.15, 0.2) is 30.6 Å². The standard InChI is InChI=1S/C15H16N4O/c1-10-11(2)19(9-17-10)12(3)15(20)18-14-7-5-4-6-13(14)8-16/h4-7,9,12H,1-3H3,(H,18,20). The summed E-state index contributed by atoms with van der Waals surface area (Å²) in [5, 5.41) is 11.8. The molecule has 0 saturated carbocycles. The van der Waals surface area contributed by atoms with Crippen LogP contribution in [0.2, 0.25) is 0 Å². The molecule has 1 aromatic carbocycles. The Kier molecular flexibility index (Phi) is 3.85. The number of imidazole rings is 1. The number of rotatable bonds is 3. The largest absolute Gasteiger partial charge is 0.323 e. The maximum absolute atomic E-state index is 12.3. The van der Waals surface area contributed by atoms with Crippen molar-refractivity contribution in [1.82, 2.24) is 9.55 Å². The molecule has 2 rings (SSSR count). The first-order valence-corrected chi connectivity index (χ1v) is 6.34. The second-order valence-electron chi connectivity index (χ2n) is 4.65. The van der Waals surface area contributed by atoms with Crippen molar-refractivity contribution in [2.45, 2.75) is 26.8 Å². The van der Waals surface area contributed by atoms with Gasteiger partial charge in [0.1, 0.15) is 12.1 Å². The van der Waals surface area contributed by atoms with Crippen molar-refractivity contribution in [3.05, 3.63) is 47.5 Å². The van der Waals surface area contributed by atoms with Gasteiger partial charge in [0, 0.05) is 5.69 Å². The third-order valence-corrected chi connectivity index (χ3v) is 3.39. The molecular formula is C15H16N4O. The molecule has 20 heavy (non-hydrogen) atoms. The van der Waals surface area contributed by atoms with Gasteiger partial charge in [0.2, 0.25) is 5.91 Å². The van der Waals surface area contributed by atoms with E-state index >= 15 is 0 Å². The molecule has 102 valence electrons. The summed E-state index contributed by atoms with van der Waals surface area (Å²) in [6.45, 7) is 5.63. The quantitative estimate of drug-likeness (QED) is 0.930. The van der Waals surface area contributed by atoms with Crippen molar-refractivity contribution in [1.29, 1.82) is 5.26 Å². The molecule has 0 aliphatic heterocycles. The van der Waals surface area contributed by atoms with Crippen LogP contribution in [0.3, 0.4) is 0 Å². The maximum Gasteiger partial charge on any atom is 0.247 e. The molecule has 1 heterocycles. The number of amides is 1. The molecule has 5 heteroatoms. The van der Waals surface area contributed by atoms with E-state index in [-0.39, 0.29) is 11.9 Å². The minimum absolute atomic E-state index is 0.173. The van der Waals surface area contributed by atoms with E-state index in [1.54, 1.807) is 37.5 Å². The third kappa shape index (κ3) is 2.54. The Hall–Kier alpha value is -2.61. The highest BCUT2D eigenvalue weighted by atomic mass is 16.2. The SMILES string of the molecule is Cc1ncn(C(C)C(=O)Nc2ccccc2C#N)c1C. The van der Waals surface area contributed by atoms with Crippen LogP contribution in [0, 0.1) is 25.2 Å². The number of anilines is 1. The summed E-state index contributed by atoms with van der Waals surface area (Å²) in [5.41, 5.74) is 2.84. The Balaban J connectivity index is 2.20. The monoisotopic (exact) mass is 268 g/mol. The fraction of sp³-hybridized carbons (Fsp3) is 0.267. The predicted molar refractivity (Wildman–Crippen MR) is 76.2 cm³/mol. The van der Waals surface area contributed by atoms with Gasteiger partial charge in [-0.1, -0.05) is 12.1 Å². The molecule has 2 aromatic rings. The van der Waals surface area contributed by atoms with E-state index in [9.17, 15) is 4.79 Å². The molecular weight excluding hydrogens is 252 g/mol. The van der Waals surface area contributed by atoms with Gasteiger partial charge in [0.15, 0.2) is 0 Å². The van der Waals surface area contributed by atoms with Crippen LogP contribution in [0.1, 0.15) is 29.9 Å². The van der Waals surface area contributed by atoms with Gasteiger partial charge in [-0.25, -0.2) is 4.98 Å². The molecule has 1 N–H and O–H groups in total. The molecule has 0 saturated heterocycles. The highest BCUT2D eigenvalue weighted by Crippen LogP contribution is 2.18. The molecule has 1 amide bonds. The van der Waals surface area contributed by atoms with Gasteiger partial charge in [-0.15, -0.1) is 0 Å². The molecule has 0 aliphatic carbocycles. The summed E-state index contributed by atoms with van der Waals surface area (Å²) >= 11 is 0. The van der Waals surface area contributed by atoms with E-state index in [0.29, 0.717) is 11.3 Å². The fourth-order valence-corrected chi connectivity index (χ4v) is 1.96. The molecule has 1 unspecified atom stereocenters. The summed E-state index contributed by atoms with van der Waals surface area (Å²) in [6.07, 6.45) is 1.66. The highest BCUT2D eigenvalue weighted by Gasteiger charge is 2.18. The predicted octanol–water partition coefficient (Wildman–Crippen LogP) is 2.57. The van der Waals surface area contributed by atoms with Crippen molar-refractivity contribution >= 4 is 11.6 Å². The first-order valence-electron chi connectivity index (χ1n) is 6.34. The minimum atomic E-state index is -0.386. The van der Waals surface area contributed by atoms with Crippen molar-refractivity contribution < 1.29 is 4.79 Å². The number of nitrogens with zero attached hydrogens (tertiary/aromatic N) is 3. The molecule has 1 atom stereocenters. The summed E-state index contributed by atoms with van der Waals surface area (Å²) in [6, 6.07) is 8.62. The minimum Gasteiger partial charge on any atom is -0.323 e. The van der Waals surface area contributed by atoms with Gasteiger partial charge in [-0.05, 0) is 32.9 Å². The van der Waals surface area contributed by atoms with E-state index < -0.39 is 0 Å². The summed E-state index contributed by atoms with van der Waals surface area (Å²) < 4.78 is 1.82. The number of carbonyl (C=O) groups is 1. The lowest BCUT2D eigenvalue weighted by Crippen LogP contribution is -2.24. The number of hydrogen-bond acceptors (Lipinski definition) is 3. The number of carbonyl (C=O) groups excluding carboxylic acids is 1. The average Bonchev–Trinajstić information content (AvgIpc) is 2.78. The van der Waals surface area contributed by atoms with Crippen LogP contribution in [0.25, 0.3) is 0 Å². The molecule has 0 aliphatic rings. The van der Waals surface area contributed by atoms with Crippen molar-refractivity contribution in [3.8, 4) is 6.07 Å². The first kappa shape index (κ1) is 13.8. The van der Waals surface area contributed by atoms with Gasteiger partial charge in [-0.2, -0.15) is 5.26 Å². The van der Waals surface area contributed by atoms with E-state index in [1.807, 2.05) is 18.4 Å². The first-order chi connectivity index (χ1) is 9.54. The zero-order chi connectivity index (χ0) is 14.7. The summed E-state index contributed by atoms with van der Waals surface area (Å²) in [4.78, 5) is 16.5. The smallest absolute Gasteiger partial charge is 0.247 e. The Morgan fingerprint density at radius 2 is 2.10 bits per heavy atom. The normalized spacial score (nSPS) is 11.7. The van der Waals surface area contributed by atoms with Crippen LogP contribution < -0.4 is 5.32 Å². The van der Waals surface area contributed by atoms with E-state index in [2.05, 4.69) is 16.4 Å². The second kappa shape index (κ2) is 5.57. The number of para-hydroxylation sites is 1. The Morgan fingerprint density at radius 1 is 1.40 bits per heavy atom. The molecule has 0 bridgehead atoms. The summed E-state index contributed by atoms with van der Waals surface area (Å²) in [5.74, 6) is -0.173. The topological polar surface area (TPSA) is 70.7 Å². The number of nitrogens with one attached hydrogen (secondary N) is 1. The lowest BCUT2D eigenvalue weighted by atomic mass is 10.2. The number of nitriles is 1. The van der Waals surface area contributed by atoms with Crippen LogP contribution in [0.4, 0.5) is 5.69 Å². The number of aromatic nitrogens is 2. The lowest BCUT2D eigenvalue weighted by Gasteiger charge is -2.16. The average molecular weight is 268 g/mol. The van der Waals surface area contributed by atoms with Gasteiger partial charge < -0.3 is 9.88 Å². The van der Waals surface area contributed by atoms with Crippen LogP contribution >= 0.6 is 0 Å². The number of benzene rings is 1. The lowest BCUT2D eigenvalue weighted by molar-refractivity contribution is -0.118. The van der Waals surface area contributed by atoms with Crippen molar-refractivity contribution in [2.24, 2.45) is 0 Å². The third-order valence-electron chi connectivity index (χ3n) is 3.39. The Morgan fingerprint density at radius 3 is 2.70 bits per heavy atom. The molecule has 0 fully saturated rings. The van der Waals surface area contributed by atoms with Gasteiger partial charge in [0.05, 0.1) is 23.3 Å². The van der Waals surface area contributed by atoms with Crippen molar-refractivity contribution in [2.75, 3.05) is 5.32 Å². The van der Waals surface area contributed by atoms with E-state index in [0.717, 1.165) is 11.4 Å². The zero-order valence-corrected chi connectivity index (χ0v) is 11.7. The molecule has 0 radical (unpaired) electrons. The second-order valence-corrected chi connectivity index (χ2v) is 4.65. The highest BCUT2D eigenvalue weighted by molar-refractivity contribution is 5.94. The zero-order valence-electron chi connectivity index (χ0n) is 11.7. The van der Waals surface area contributed by atoms with Crippen LogP contribution in [-0.2, 0) is 4.79 Å². The maximum atomic E-state index is 12.3. The molecule has 5 nitrogen and oxygen atoms in total. The summed E-state index contributed by atoms with van der Waals surface area (Å²) in [7, 11) is 0.